The van der Waals surface area contributed by atoms with Crippen molar-refractivity contribution in [3.8, 4) is 0 Å². The second-order valence-corrected chi connectivity index (χ2v) is 8.02. The van der Waals surface area contributed by atoms with Crippen LogP contribution in [0.4, 0.5) is 0 Å². The Morgan fingerprint density at radius 1 is 1.27 bits per heavy atom. The van der Waals surface area contributed by atoms with Gasteiger partial charge in [-0.15, -0.1) is 0 Å². The summed E-state index contributed by atoms with van der Waals surface area (Å²) in [6.07, 6.45) is 6.02. The lowest BCUT2D eigenvalue weighted by Gasteiger charge is -2.28. The third-order valence-electron chi connectivity index (χ3n) is 6.31. The Bertz CT molecular complexity index is 888. The van der Waals surface area contributed by atoms with E-state index in [4.69, 9.17) is 0 Å². The lowest BCUT2D eigenvalue weighted by atomic mass is 9.84. The summed E-state index contributed by atoms with van der Waals surface area (Å²) in [5, 5.41) is 8.80. The summed E-state index contributed by atoms with van der Waals surface area (Å²) in [4.78, 5) is 25.6. The molecule has 1 N–H and O–H groups in total. The number of fused-ring (bicyclic) bond motifs is 3. The number of aryl methyl sites for hydroxylation is 1. The lowest BCUT2D eigenvalue weighted by molar-refractivity contribution is 0.0909. The second-order valence-electron chi connectivity index (χ2n) is 8.02. The van der Waals surface area contributed by atoms with Gasteiger partial charge in [0.1, 0.15) is 0 Å². The zero-order valence-electron chi connectivity index (χ0n) is 15.6. The first kappa shape index (κ1) is 17.3. The van der Waals surface area contributed by atoms with E-state index in [-0.39, 0.29) is 17.5 Å². The Hall–Kier alpha value is -2.17. The first-order valence-corrected chi connectivity index (χ1v) is 9.89. The minimum atomic E-state index is -0.165. The number of amides is 1. The standard InChI is InChI=1S/C21H27N3O2/c1-3-10-24-21(26)17-7-5-4-6-16(17)19(23-24)20(25)22-13(2)18-12-14-8-9-15(18)11-14/h4-7,13-15,18H,3,8-12H2,1-2H3,(H,22,25). The predicted molar refractivity (Wildman–Crippen MR) is 102 cm³/mol. The highest BCUT2D eigenvalue weighted by molar-refractivity contribution is 6.04. The molecule has 26 heavy (non-hydrogen) atoms. The van der Waals surface area contributed by atoms with Gasteiger partial charge in [0.15, 0.2) is 5.69 Å². The molecule has 0 spiro atoms. The van der Waals surface area contributed by atoms with Gasteiger partial charge in [-0.1, -0.05) is 31.5 Å². The molecule has 0 aliphatic heterocycles. The summed E-state index contributed by atoms with van der Waals surface area (Å²) < 4.78 is 1.43. The highest BCUT2D eigenvalue weighted by Crippen LogP contribution is 2.49. The van der Waals surface area contributed by atoms with Gasteiger partial charge in [-0.3, -0.25) is 9.59 Å². The van der Waals surface area contributed by atoms with Crippen molar-refractivity contribution in [1.82, 2.24) is 15.1 Å². The number of nitrogens with zero attached hydrogens (tertiary/aromatic N) is 2. The molecule has 5 nitrogen and oxygen atoms in total. The van der Waals surface area contributed by atoms with Gasteiger partial charge in [-0.25, -0.2) is 4.68 Å². The van der Waals surface area contributed by atoms with Gasteiger partial charge < -0.3 is 5.32 Å². The van der Waals surface area contributed by atoms with Crippen LogP contribution in [0.25, 0.3) is 10.8 Å². The minimum absolute atomic E-state index is 0.125. The highest BCUT2D eigenvalue weighted by atomic mass is 16.2. The van der Waals surface area contributed by atoms with Crippen molar-refractivity contribution in [2.45, 2.75) is 58.5 Å². The van der Waals surface area contributed by atoms with Crippen LogP contribution in [0.15, 0.2) is 29.1 Å². The third-order valence-corrected chi connectivity index (χ3v) is 6.31. The highest BCUT2D eigenvalue weighted by Gasteiger charge is 2.42. The topological polar surface area (TPSA) is 64.0 Å². The van der Waals surface area contributed by atoms with Gasteiger partial charge in [0.25, 0.3) is 11.5 Å². The van der Waals surface area contributed by atoms with E-state index in [1.54, 1.807) is 6.07 Å². The van der Waals surface area contributed by atoms with E-state index in [0.29, 0.717) is 28.9 Å². The monoisotopic (exact) mass is 353 g/mol. The van der Waals surface area contributed by atoms with E-state index in [2.05, 4.69) is 17.3 Å². The molecule has 1 heterocycles. The summed E-state index contributed by atoms with van der Waals surface area (Å²) in [6, 6.07) is 7.42. The van der Waals surface area contributed by atoms with Gasteiger partial charge in [-0.2, -0.15) is 5.10 Å². The van der Waals surface area contributed by atoms with Crippen LogP contribution in [0.5, 0.6) is 0 Å². The lowest BCUT2D eigenvalue weighted by Crippen LogP contribution is -2.41. The van der Waals surface area contributed by atoms with E-state index < -0.39 is 0 Å². The number of hydrogen-bond acceptors (Lipinski definition) is 3. The largest absolute Gasteiger partial charge is 0.348 e. The fraction of sp³-hybridized carbons (Fsp3) is 0.571. The molecule has 1 aromatic heterocycles. The molecular formula is C21H27N3O2. The Balaban J connectivity index is 1.63. The van der Waals surface area contributed by atoms with Crippen molar-refractivity contribution >= 4 is 16.7 Å². The van der Waals surface area contributed by atoms with Gasteiger partial charge >= 0.3 is 0 Å². The van der Waals surface area contributed by atoms with Crippen LogP contribution in [0.2, 0.25) is 0 Å². The molecule has 4 rings (SSSR count). The first-order valence-electron chi connectivity index (χ1n) is 9.89. The molecule has 0 radical (unpaired) electrons. The van der Waals surface area contributed by atoms with Crippen LogP contribution < -0.4 is 10.9 Å². The zero-order valence-corrected chi connectivity index (χ0v) is 15.6. The van der Waals surface area contributed by atoms with Crippen molar-refractivity contribution in [2.75, 3.05) is 0 Å². The number of aromatic nitrogens is 2. The molecule has 0 saturated heterocycles. The number of carbonyl (C=O) groups excluding carboxylic acids is 1. The van der Waals surface area contributed by atoms with Crippen molar-refractivity contribution in [1.29, 1.82) is 0 Å². The van der Waals surface area contributed by atoms with E-state index in [1.807, 2.05) is 25.1 Å². The van der Waals surface area contributed by atoms with E-state index in [0.717, 1.165) is 18.3 Å². The van der Waals surface area contributed by atoms with Gasteiger partial charge in [-0.05, 0) is 56.4 Å². The van der Waals surface area contributed by atoms with Crippen molar-refractivity contribution in [3.63, 3.8) is 0 Å². The molecular weight excluding hydrogens is 326 g/mol. The average Bonchev–Trinajstić information content (AvgIpc) is 3.27. The molecule has 2 bridgehead atoms. The van der Waals surface area contributed by atoms with Gasteiger partial charge in [0, 0.05) is 18.0 Å². The fourth-order valence-corrected chi connectivity index (χ4v) is 5.05. The minimum Gasteiger partial charge on any atom is -0.348 e. The number of carbonyl (C=O) groups is 1. The molecule has 1 amide bonds. The quantitative estimate of drug-likeness (QED) is 0.896. The van der Waals surface area contributed by atoms with Crippen molar-refractivity contribution < 1.29 is 4.79 Å². The summed E-state index contributed by atoms with van der Waals surface area (Å²) in [7, 11) is 0. The summed E-state index contributed by atoms with van der Waals surface area (Å²) in [5.74, 6) is 2.02. The van der Waals surface area contributed by atoms with Gasteiger partial charge in [0.2, 0.25) is 0 Å². The molecule has 5 heteroatoms. The van der Waals surface area contributed by atoms with Crippen LogP contribution in [0, 0.1) is 17.8 Å². The molecule has 1 aromatic carbocycles. The van der Waals surface area contributed by atoms with Crippen LogP contribution in [-0.2, 0) is 6.54 Å². The molecule has 4 atom stereocenters. The van der Waals surface area contributed by atoms with Gasteiger partial charge in [0.05, 0.1) is 5.39 Å². The maximum Gasteiger partial charge on any atom is 0.274 e. The Kier molecular flexibility index (Phi) is 4.55. The SMILES string of the molecule is CCCn1nc(C(=O)NC(C)C2CC3CCC2C3)c2ccccc2c1=O. The second kappa shape index (κ2) is 6.86. The van der Waals surface area contributed by atoms with Crippen LogP contribution in [0.1, 0.15) is 56.4 Å². The Morgan fingerprint density at radius 3 is 2.69 bits per heavy atom. The number of rotatable bonds is 5. The smallest absolute Gasteiger partial charge is 0.274 e. The molecule has 4 unspecified atom stereocenters. The zero-order chi connectivity index (χ0) is 18.3. The number of nitrogens with one attached hydrogen (secondary N) is 1. The van der Waals surface area contributed by atoms with Crippen LogP contribution in [0.3, 0.4) is 0 Å². The predicted octanol–water partition coefficient (Wildman–Crippen LogP) is 3.36. The molecule has 2 saturated carbocycles. The summed E-state index contributed by atoms with van der Waals surface area (Å²) >= 11 is 0. The number of hydrogen-bond donors (Lipinski definition) is 1. The Morgan fingerprint density at radius 2 is 2.04 bits per heavy atom. The molecule has 2 aliphatic rings. The molecule has 2 fully saturated rings. The average molecular weight is 353 g/mol. The number of benzene rings is 1. The maximum absolute atomic E-state index is 13.0. The maximum atomic E-state index is 13.0. The first-order chi connectivity index (χ1) is 12.6. The Labute approximate surface area is 153 Å². The summed E-state index contributed by atoms with van der Waals surface area (Å²) in [6.45, 7) is 4.64. The summed E-state index contributed by atoms with van der Waals surface area (Å²) in [5.41, 5.74) is 0.240. The fourth-order valence-electron chi connectivity index (χ4n) is 5.05. The van der Waals surface area contributed by atoms with E-state index in [1.165, 1.54) is 30.4 Å². The molecule has 2 aromatic rings. The van der Waals surface area contributed by atoms with Crippen LogP contribution in [-0.4, -0.2) is 21.7 Å². The van der Waals surface area contributed by atoms with E-state index >= 15 is 0 Å². The molecule has 2 aliphatic carbocycles. The third kappa shape index (κ3) is 2.93. The normalized spacial score (nSPS) is 25.5. The van der Waals surface area contributed by atoms with E-state index in [9.17, 15) is 9.59 Å². The van der Waals surface area contributed by atoms with Crippen molar-refractivity contribution in [3.05, 3.63) is 40.3 Å². The van der Waals surface area contributed by atoms with Crippen LogP contribution >= 0.6 is 0 Å². The van der Waals surface area contributed by atoms with Crippen molar-refractivity contribution in [2.24, 2.45) is 17.8 Å². The molecule has 138 valence electrons.